The molecule has 0 N–H and O–H groups in total. The van der Waals surface area contributed by atoms with Crippen molar-refractivity contribution in [3.05, 3.63) is 90.1 Å². The van der Waals surface area contributed by atoms with Crippen LogP contribution in [-0.2, 0) is 6.54 Å². The van der Waals surface area contributed by atoms with Gasteiger partial charge in [-0.2, -0.15) is 0 Å². The molecule has 27 heavy (non-hydrogen) atoms. The highest BCUT2D eigenvalue weighted by Crippen LogP contribution is 2.35. The molecular formula is C23H24N2O2. The van der Waals surface area contributed by atoms with Crippen LogP contribution in [0.1, 0.15) is 53.2 Å². The van der Waals surface area contributed by atoms with Gasteiger partial charge in [0.2, 0.25) is 0 Å². The minimum absolute atomic E-state index is 0.0255. The maximum absolute atomic E-state index is 13.1. The standard InChI is InChI=1S/C23H24N2O2/c26-23(20-13-15-27-17-20)25(16-21-8-4-5-14-24-21)22-11-9-19(10-12-22)18-6-2-1-3-7-18/h1-8,13-15,17,19,22H,9-12,16H2. The Kier molecular flexibility index (Phi) is 5.33. The number of amides is 1. The Hall–Kier alpha value is -2.88. The van der Waals surface area contributed by atoms with E-state index < -0.39 is 0 Å². The lowest BCUT2D eigenvalue weighted by molar-refractivity contribution is 0.0601. The zero-order valence-electron chi connectivity index (χ0n) is 15.3. The summed E-state index contributed by atoms with van der Waals surface area (Å²) in [6, 6.07) is 18.5. The van der Waals surface area contributed by atoms with Gasteiger partial charge in [0.05, 0.1) is 24.1 Å². The van der Waals surface area contributed by atoms with Gasteiger partial charge in [0.15, 0.2) is 0 Å². The number of hydrogen-bond donors (Lipinski definition) is 0. The van der Waals surface area contributed by atoms with Crippen molar-refractivity contribution in [2.24, 2.45) is 0 Å². The number of nitrogens with zero attached hydrogens (tertiary/aromatic N) is 2. The molecule has 0 aliphatic heterocycles. The van der Waals surface area contributed by atoms with Crippen LogP contribution in [0.25, 0.3) is 0 Å². The molecule has 0 unspecified atom stereocenters. The Labute approximate surface area is 159 Å². The number of hydrogen-bond acceptors (Lipinski definition) is 3. The first kappa shape index (κ1) is 17.5. The number of carbonyl (C=O) groups is 1. The van der Waals surface area contributed by atoms with Gasteiger partial charge in [0, 0.05) is 12.2 Å². The third-order valence-electron chi connectivity index (χ3n) is 5.50. The van der Waals surface area contributed by atoms with Crippen molar-refractivity contribution in [3.8, 4) is 0 Å². The van der Waals surface area contributed by atoms with Crippen molar-refractivity contribution in [3.63, 3.8) is 0 Å². The molecule has 4 rings (SSSR count). The van der Waals surface area contributed by atoms with Crippen LogP contribution in [-0.4, -0.2) is 21.8 Å². The Balaban J connectivity index is 1.50. The van der Waals surface area contributed by atoms with E-state index >= 15 is 0 Å². The molecule has 0 saturated heterocycles. The monoisotopic (exact) mass is 360 g/mol. The second-order valence-corrected chi connectivity index (χ2v) is 7.18. The summed E-state index contributed by atoms with van der Waals surface area (Å²) in [5.74, 6) is 0.612. The van der Waals surface area contributed by atoms with Gasteiger partial charge in [-0.15, -0.1) is 0 Å². The van der Waals surface area contributed by atoms with Crippen molar-refractivity contribution in [2.75, 3.05) is 0 Å². The Morgan fingerprint density at radius 1 is 1.00 bits per heavy atom. The van der Waals surface area contributed by atoms with Gasteiger partial charge in [-0.05, 0) is 55.4 Å². The molecule has 4 heteroatoms. The molecule has 0 radical (unpaired) electrons. The van der Waals surface area contributed by atoms with Gasteiger partial charge in [-0.3, -0.25) is 9.78 Å². The SMILES string of the molecule is O=C(c1ccoc1)N(Cc1ccccn1)C1CCC(c2ccccc2)CC1. The van der Waals surface area contributed by atoms with Crippen LogP contribution in [0.5, 0.6) is 0 Å². The molecule has 4 nitrogen and oxygen atoms in total. The molecule has 2 heterocycles. The fraction of sp³-hybridized carbons (Fsp3) is 0.304. The average molecular weight is 360 g/mol. The van der Waals surface area contributed by atoms with E-state index in [4.69, 9.17) is 4.42 Å². The fourth-order valence-corrected chi connectivity index (χ4v) is 4.03. The summed E-state index contributed by atoms with van der Waals surface area (Å²) in [6.45, 7) is 0.533. The summed E-state index contributed by atoms with van der Waals surface area (Å²) >= 11 is 0. The summed E-state index contributed by atoms with van der Waals surface area (Å²) in [6.07, 6.45) is 9.09. The molecule has 0 atom stereocenters. The number of pyridine rings is 1. The van der Waals surface area contributed by atoms with Crippen molar-refractivity contribution in [1.82, 2.24) is 9.88 Å². The zero-order valence-corrected chi connectivity index (χ0v) is 15.3. The van der Waals surface area contributed by atoms with Crippen molar-refractivity contribution < 1.29 is 9.21 Å². The maximum atomic E-state index is 13.1. The second-order valence-electron chi connectivity index (χ2n) is 7.18. The lowest BCUT2D eigenvalue weighted by atomic mass is 9.81. The first-order chi connectivity index (χ1) is 13.3. The van der Waals surface area contributed by atoms with E-state index in [9.17, 15) is 4.79 Å². The molecule has 1 aromatic carbocycles. The van der Waals surface area contributed by atoms with Crippen LogP contribution in [0.15, 0.2) is 77.7 Å². The molecule has 0 spiro atoms. The van der Waals surface area contributed by atoms with Crippen molar-refractivity contribution in [1.29, 1.82) is 0 Å². The third kappa shape index (κ3) is 4.11. The van der Waals surface area contributed by atoms with Crippen molar-refractivity contribution >= 4 is 5.91 Å². The first-order valence-electron chi connectivity index (χ1n) is 9.59. The minimum atomic E-state index is 0.0255. The van der Waals surface area contributed by atoms with E-state index in [0.29, 0.717) is 18.0 Å². The van der Waals surface area contributed by atoms with Crippen LogP contribution >= 0.6 is 0 Å². The van der Waals surface area contributed by atoms with Gasteiger partial charge in [0.1, 0.15) is 6.26 Å². The summed E-state index contributed by atoms with van der Waals surface area (Å²) in [7, 11) is 0. The predicted octanol–water partition coefficient (Wildman–Crippen LogP) is 5.04. The number of carbonyl (C=O) groups excluding carboxylic acids is 1. The lowest BCUT2D eigenvalue weighted by Crippen LogP contribution is -2.41. The molecule has 1 aliphatic rings. The van der Waals surface area contributed by atoms with Crippen LogP contribution in [0, 0.1) is 0 Å². The van der Waals surface area contributed by atoms with E-state index in [1.165, 1.54) is 11.8 Å². The van der Waals surface area contributed by atoms with Crippen LogP contribution < -0.4 is 0 Å². The lowest BCUT2D eigenvalue weighted by Gasteiger charge is -2.37. The Morgan fingerprint density at radius 3 is 2.44 bits per heavy atom. The Morgan fingerprint density at radius 2 is 1.78 bits per heavy atom. The minimum Gasteiger partial charge on any atom is -0.472 e. The van der Waals surface area contributed by atoms with E-state index in [1.807, 2.05) is 23.1 Å². The average Bonchev–Trinajstić information content (AvgIpc) is 3.28. The van der Waals surface area contributed by atoms with E-state index in [1.54, 1.807) is 18.5 Å². The van der Waals surface area contributed by atoms with Gasteiger partial charge < -0.3 is 9.32 Å². The molecule has 1 amide bonds. The van der Waals surface area contributed by atoms with Crippen molar-refractivity contribution in [2.45, 2.75) is 44.2 Å². The largest absolute Gasteiger partial charge is 0.472 e. The molecular weight excluding hydrogens is 336 g/mol. The quantitative estimate of drug-likeness (QED) is 0.640. The topological polar surface area (TPSA) is 46.3 Å². The summed E-state index contributed by atoms with van der Waals surface area (Å²) < 4.78 is 5.14. The van der Waals surface area contributed by atoms with E-state index in [0.717, 1.165) is 31.4 Å². The second kappa shape index (κ2) is 8.21. The van der Waals surface area contributed by atoms with Gasteiger partial charge >= 0.3 is 0 Å². The maximum Gasteiger partial charge on any atom is 0.257 e. The number of rotatable bonds is 5. The highest BCUT2D eigenvalue weighted by Gasteiger charge is 2.30. The zero-order chi connectivity index (χ0) is 18.5. The molecule has 1 saturated carbocycles. The van der Waals surface area contributed by atoms with Gasteiger partial charge in [-0.25, -0.2) is 0 Å². The summed E-state index contributed by atoms with van der Waals surface area (Å²) in [5.41, 5.74) is 2.93. The van der Waals surface area contributed by atoms with E-state index in [2.05, 4.69) is 35.3 Å². The van der Waals surface area contributed by atoms with Crippen LogP contribution in [0.4, 0.5) is 0 Å². The Bertz CT molecular complexity index is 839. The highest BCUT2D eigenvalue weighted by atomic mass is 16.3. The molecule has 1 fully saturated rings. The van der Waals surface area contributed by atoms with Crippen LogP contribution in [0.2, 0.25) is 0 Å². The molecule has 2 aromatic heterocycles. The molecule has 1 aliphatic carbocycles. The smallest absolute Gasteiger partial charge is 0.257 e. The van der Waals surface area contributed by atoms with Crippen LogP contribution in [0.3, 0.4) is 0 Å². The summed E-state index contributed by atoms with van der Waals surface area (Å²) in [5, 5.41) is 0. The predicted molar refractivity (Wildman–Crippen MR) is 104 cm³/mol. The third-order valence-corrected chi connectivity index (χ3v) is 5.50. The number of aromatic nitrogens is 1. The summed E-state index contributed by atoms with van der Waals surface area (Å²) in [4.78, 5) is 19.5. The molecule has 138 valence electrons. The highest BCUT2D eigenvalue weighted by molar-refractivity contribution is 5.94. The van der Waals surface area contributed by atoms with Gasteiger partial charge in [0.25, 0.3) is 5.91 Å². The fourth-order valence-electron chi connectivity index (χ4n) is 4.03. The molecule has 3 aromatic rings. The molecule has 0 bridgehead atoms. The van der Waals surface area contributed by atoms with E-state index in [-0.39, 0.29) is 11.9 Å². The number of furan rings is 1. The van der Waals surface area contributed by atoms with Gasteiger partial charge in [-0.1, -0.05) is 36.4 Å². The normalized spacial score (nSPS) is 19.6. The number of benzene rings is 1. The first-order valence-corrected chi connectivity index (χ1v) is 9.59.